The molecule has 2 nitrogen and oxygen atoms in total. The first-order valence-electron chi connectivity index (χ1n) is 26.6. The lowest BCUT2D eigenvalue weighted by molar-refractivity contribution is 0.660. The van der Waals surface area contributed by atoms with E-state index in [1.165, 1.54) is 105 Å². The van der Waals surface area contributed by atoms with Crippen molar-refractivity contribution in [1.82, 2.24) is 4.57 Å². The van der Waals surface area contributed by atoms with Crippen molar-refractivity contribution in [3.63, 3.8) is 0 Å². The Bertz CT molecular complexity index is 4360. The number of hydrogen-bond acceptors (Lipinski definition) is 1. The van der Waals surface area contributed by atoms with Crippen LogP contribution in [0.3, 0.4) is 0 Å². The fraction of sp³-hybridized carbons (Fsp3) is 0.0541. The first kappa shape index (κ1) is 44.0. The van der Waals surface area contributed by atoms with E-state index in [0.29, 0.717) is 0 Å². The quantitative estimate of drug-likeness (QED) is 0.147. The van der Waals surface area contributed by atoms with Gasteiger partial charge in [0, 0.05) is 44.3 Å². The second-order valence-corrected chi connectivity index (χ2v) is 21.2. The highest BCUT2D eigenvalue weighted by Gasteiger charge is 2.46. The molecule has 0 N–H and O–H groups in total. The zero-order chi connectivity index (χ0) is 50.5. The molecule has 1 heterocycles. The SMILES string of the molecule is CC1(C)c2ccccc2-c2ccc(N(c3ccc(-c4ccccc4)cc3)c3ccc4c5ccc6ccccc6c5n(-c5ccc(-c6cccc7c6-c6ccccc6C7(c6ccccc6)c6ccccc6)cc5)c4c3)cc21. The standard InChI is InChI=1S/C74H52N2/c1-73(2)66-30-16-14-27-61(66)62-45-42-57(47-69(62)73)75(55-38-33-50(34-39-55)49-19-6-3-7-20-49)58-43-46-63-64-44-37-51-21-12-13-26-60(51)72(64)76(70(63)48-58)56-40-35-52(36-41-56)59-29-18-32-68-71(59)65-28-15-17-31-67(65)74(68,53-22-8-4-9-23-53)54-24-10-5-11-25-54/h3-48H,1-2H3. The van der Waals surface area contributed by atoms with E-state index < -0.39 is 5.41 Å². The number of nitrogens with zero attached hydrogens (tertiary/aromatic N) is 2. The highest BCUT2D eigenvalue weighted by molar-refractivity contribution is 6.19. The molecule has 1 aromatic heterocycles. The molecule has 0 spiro atoms. The number of hydrogen-bond donors (Lipinski definition) is 0. The third-order valence-corrected chi connectivity index (χ3v) is 16.9. The van der Waals surface area contributed by atoms with Crippen LogP contribution < -0.4 is 4.90 Å². The molecule has 0 aliphatic heterocycles. The highest BCUT2D eigenvalue weighted by Crippen LogP contribution is 2.58. The summed E-state index contributed by atoms with van der Waals surface area (Å²) in [5, 5.41) is 4.90. The van der Waals surface area contributed by atoms with E-state index in [1.807, 2.05) is 0 Å². The van der Waals surface area contributed by atoms with Crippen molar-refractivity contribution < 1.29 is 0 Å². The highest BCUT2D eigenvalue weighted by atomic mass is 15.1. The molecule has 0 amide bonds. The summed E-state index contributed by atoms with van der Waals surface area (Å²) in [6, 6.07) is 104. The molecule has 2 aliphatic rings. The third-order valence-electron chi connectivity index (χ3n) is 16.9. The van der Waals surface area contributed by atoms with Crippen molar-refractivity contribution in [3.05, 3.63) is 312 Å². The van der Waals surface area contributed by atoms with E-state index >= 15 is 0 Å². The van der Waals surface area contributed by atoms with Crippen molar-refractivity contribution in [3.8, 4) is 50.2 Å². The molecule has 0 saturated carbocycles. The van der Waals surface area contributed by atoms with Gasteiger partial charge in [-0.1, -0.05) is 244 Å². The summed E-state index contributed by atoms with van der Waals surface area (Å²) >= 11 is 0. The zero-order valence-corrected chi connectivity index (χ0v) is 42.5. The molecule has 0 unspecified atom stereocenters. The van der Waals surface area contributed by atoms with Crippen LogP contribution in [0, 0.1) is 0 Å². The van der Waals surface area contributed by atoms with E-state index in [-0.39, 0.29) is 5.41 Å². The number of fused-ring (bicyclic) bond motifs is 11. The minimum atomic E-state index is -0.467. The van der Waals surface area contributed by atoms with Crippen molar-refractivity contribution in [2.45, 2.75) is 24.7 Å². The van der Waals surface area contributed by atoms with Crippen molar-refractivity contribution in [1.29, 1.82) is 0 Å². The lowest BCUT2D eigenvalue weighted by atomic mass is 9.67. The average molecular weight is 969 g/mol. The van der Waals surface area contributed by atoms with Gasteiger partial charge in [0.1, 0.15) is 0 Å². The fourth-order valence-corrected chi connectivity index (χ4v) is 13.4. The number of aromatic nitrogens is 1. The summed E-state index contributed by atoms with van der Waals surface area (Å²) in [5.41, 5.74) is 24.1. The van der Waals surface area contributed by atoms with Gasteiger partial charge in [0.2, 0.25) is 0 Å². The summed E-state index contributed by atoms with van der Waals surface area (Å²) in [5.74, 6) is 0. The Morgan fingerprint density at radius 3 is 1.62 bits per heavy atom. The molecule has 15 rings (SSSR count). The first-order valence-corrected chi connectivity index (χ1v) is 26.6. The van der Waals surface area contributed by atoms with Gasteiger partial charge >= 0.3 is 0 Å². The maximum Gasteiger partial charge on any atom is 0.0713 e. The molecule has 0 fully saturated rings. The molecule has 13 aromatic rings. The largest absolute Gasteiger partial charge is 0.310 e. The van der Waals surface area contributed by atoms with Crippen LogP contribution in [0.1, 0.15) is 47.2 Å². The summed E-state index contributed by atoms with van der Waals surface area (Å²) in [4.78, 5) is 2.45. The molecule has 2 aliphatic carbocycles. The fourth-order valence-electron chi connectivity index (χ4n) is 13.4. The molecule has 0 atom stereocenters. The van der Waals surface area contributed by atoms with Gasteiger partial charge in [-0.05, 0) is 132 Å². The van der Waals surface area contributed by atoms with E-state index in [4.69, 9.17) is 0 Å². The molecule has 2 heteroatoms. The third kappa shape index (κ3) is 6.47. The van der Waals surface area contributed by atoms with Crippen molar-refractivity contribution >= 4 is 49.6 Å². The van der Waals surface area contributed by atoms with E-state index in [9.17, 15) is 0 Å². The lowest BCUT2D eigenvalue weighted by Gasteiger charge is -2.34. The van der Waals surface area contributed by atoms with Gasteiger partial charge in [-0.2, -0.15) is 0 Å². The molecule has 12 aromatic carbocycles. The van der Waals surface area contributed by atoms with Gasteiger partial charge in [0.25, 0.3) is 0 Å². The molecule has 76 heavy (non-hydrogen) atoms. The van der Waals surface area contributed by atoms with Crippen LogP contribution in [0.2, 0.25) is 0 Å². The summed E-state index contributed by atoms with van der Waals surface area (Å²) in [6.45, 7) is 4.74. The van der Waals surface area contributed by atoms with Crippen LogP contribution in [0.15, 0.2) is 279 Å². The van der Waals surface area contributed by atoms with E-state index in [1.54, 1.807) is 0 Å². The second-order valence-electron chi connectivity index (χ2n) is 21.2. The molecule has 0 radical (unpaired) electrons. The van der Waals surface area contributed by atoms with Crippen LogP contribution >= 0.6 is 0 Å². The molecule has 358 valence electrons. The van der Waals surface area contributed by atoms with Gasteiger partial charge < -0.3 is 9.47 Å². The van der Waals surface area contributed by atoms with Gasteiger partial charge in [-0.25, -0.2) is 0 Å². The van der Waals surface area contributed by atoms with Crippen molar-refractivity contribution in [2.75, 3.05) is 4.90 Å². The Hall–Kier alpha value is -9.50. The summed E-state index contributed by atoms with van der Waals surface area (Å²) in [6.07, 6.45) is 0. The second kappa shape index (κ2) is 17.0. The molecular weight excluding hydrogens is 917 g/mol. The molecule has 0 saturated heterocycles. The number of rotatable bonds is 8. The minimum absolute atomic E-state index is 0.148. The zero-order valence-electron chi connectivity index (χ0n) is 42.5. The average Bonchev–Trinajstić information content (AvgIpc) is 4.08. The predicted molar refractivity (Wildman–Crippen MR) is 319 cm³/mol. The summed E-state index contributed by atoms with van der Waals surface area (Å²) in [7, 11) is 0. The lowest BCUT2D eigenvalue weighted by Crippen LogP contribution is -2.28. The van der Waals surface area contributed by atoms with Gasteiger partial charge in [0.05, 0.1) is 16.4 Å². The first-order chi connectivity index (χ1) is 37.5. The van der Waals surface area contributed by atoms with Gasteiger partial charge in [-0.15, -0.1) is 0 Å². The normalized spacial score (nSPS) is 13.6. The minimum Gasteiger partial charge on any atom is -0.310 e. The Kier molecular flexibility index (Phi) is 9.86. The molecular formula is C74H52N2. The number of benzene rings is 12. The van der Waals surface area contributed by atoms with Gasteiger partial charge in [-0.3, -0.25) is 0 Å². The van der Waals surface area contributed by atoms with Crippen LogP contribution in [0.25, 0.3) is 82.8 Å². The maximum absolute atomic E-state index is 2.51. The number of anilines is 3. The summed E-state index contributed by atoms with van der Waals surface area (Å²) < 4.78 is 2.51. The van der Waals surface area contributed by atoms with E-state index in [0.717, 1.165) is 28.3 Å². The predicted octanol–water partition coefficient (Wildman–Crippen LogP) is 19.4. The van der Waals surface area contributed by atoms with Crippen molar-refractivity contribution in [2.24, 2.45) is 0 Å². The van der Waals surface area contributed by atoms with Crippen LogP contribution in [0.5, 0.6) is 0 Å². The van der Waals surface area contributed by atoms with Crippen LogP contribution in [0.4, 0.5) is 17.1 Å². The Balaban J connectivity index is 0.918. The topological polar surface area (TPSA) is 8.17 Å². The smallest absolute Gasteiger partial charge is 0.0713 e. The van der Waals surface area contributed by atoms with E-state index in [2.05, 4.69) is 302 Å². The Labute approximate surface area is 444 Å². The monoisotopic (exact) mass is 968 g/mol. The van der Waals surface area contributed by atoms with Gasteiger partial charge in [0.15, 0.2) is 0 Å². The Morgan fingerprint density at radius 1 is 0.329 bits per heavy atom. The maximum atomic E-state index is 2.51. The molecule has 0 bridgehead atoms. The van der Waals surface area contributed by atoms with Crippen LogP contribution in [-0.4, -0.2) is 4.57 Å². The van der Waals surface area contributed by atoms with Crippen LogP contribution in [-0.2, 0) is 10.8 Å². The Morgan fingerprint density at radius 2 is 0.868 bits per heavy atom.